The van der Waals surface area contributed by atoms with Crippen LogP contribution in [-0.4, -0.2) is 46.2 Å². The number of hydrogen-bond acceptors (Lipinski definition) is 5. The Balaban J connectivity index is 1.58. The molecule has 0 amide bonds. The molecule has 4 aromatic carbocycles. The number of aliphatic hydroxyl groups is 2. The molecule has 3 unspecified atom stereocenters. The number of ketones is 1. The number of rotatable bonds is 14. The van der Waals surface area contributed by atoms with Crippen LogP contribution in [0.3, 0.4) is 0 Å². The Hall–Kier alpha value is -4.13. The van der Waals surface area contributed by atoms with Crippen molar-refractivity contribution in [3.05, 3.63) is 155 Å². The maximum absolute atomic E-state index is 14.4. The molecule has 5 heteroatoms. The first-order valence-corrected chi connectivity index (χ1v) is 16.4. The van der Waals surface area contributed by atoms with Crippen LogP contribution in [0.2, 0.25) is 0 Å². The molecule has 0 spiro atoms. The topological polar surface area (TPSA) is 60.8 Å². The number of hydrogen-bond donors (Lipinski definition) is 2. The largest absolute Gasteiger partial charge is 0.392 e. The Morgan fingerprint density at radius 2 is 1.24 bits per heavy atom. The lowest BCUT2D eigenvalue weighted by atomic mass is 9.85. The molecule has 45 heavy (non-hydrogen) atoms. The summed E-state index contributed by atoms with van der Waals surface area (Å²) in [6.45, 7) is 4.18. The minimum Gasteiger partial charge on any atom is -0.392 e. The van der Waals surface area contributed by atoms with Gasteiger partial charge in [0.15, 0.2) is 0 Å². The maximum atomic E-state index is 14.4. The van der Waals surface area contributed by atoms with Gasteiger partial charge in [-0.3, -0.25) is 9.69 Å². The van der Waals surface area contributed by atoms with Gasteiger partial charge in [0.2, 0.25) is 0 Å². The van der Waals surface area contributed by atoms with Crippen LogP contribution < -0.4 is 0 Å². The van der Waals surface area contributed by atoms with E-state index in [4.69, 9.17) is 0 Å². The lowest BCUT2D eigenvalue weighted by molar-refractivity contribution is -0.119. The number of nitrogens with zero attached hydrogens (tertiary/aromatic N) is 1. The Morgan fingerprint density at radius 1 is 0.689 bits per heavy atom. The van der Waals surface area contributed by atoms with Gasteiger partial charge in [-0.05, 0) is 70.3 Å². The number of allylic oxidation sites excluding steroid dienone is 1. The molecular weight excluding hydrogens is 575 g/mol. The molecule has 4 nitrogen and oxygen atoms in total. The summed E-state index contributed by atoms with van der Waals surface area (Å²) in [5.41, 5.74) is 7.22. The molecule has 0 aliphatic heterocycles. The van der Waals surface area contributed by atoms with Crippen LogP contribution in [0.1, 0.15) is 55.0 Å². The molecule has 5 rings (SSSR count). The van der Waals surface area contributed by atoms with Crippen molar-refractivity contribution < 1.29 is 15.0 Å². The highest BCUT2D eigenvalue weighted by atomic mass is 32.1. The van der Waals surface area contributed by atoms with Crippen molar-refractivity contribution in [2.24, 2.45) is 0 Å². The van der Waals surface area contributed by atoms with Crippen molar-refractivity contribution in [3.63, 3.8) is 0 Å². The van der Waals surface area contributed by atoms with Gasteiger partial charge in [0.1, 0.15) is 5.78 Å². The Morgan fingerprint density at radius 3 is 1.76 bits per heavy atom. The van der Waals surface area contributed by atoms with Gasteiger partial charge in [-0.2, -0.15) is 0 Å². The highest BCUT2D eigenvalue weighted by Crippen LogP contribution is 2.37. The number of carbonyl (C=O) groups excluding carboxylic acids is 1. The molecule has 0 bridgehead atoms. The van der Waals surface area contributed by atoms with Gasteiger partial charge in [-0.25, -0.2) is 0 Å². The van der Waals surface area contributed by atoms with Gasteiger partial charge in [0.05, 0.1) is 12.2 Å². The van der Waals surface area contributed by atoms with Gasteiger partial charge in [0.25, 0.3) is 0 Å². The van der Waals surface area contributed by atoms with Gasteiger partial charge >= 0.3 is 0 Å². The van der Waals surface area contributed by atoms with E-state index in [2.05, 4.69) is 70.9 Å². The zero-order valence-corrected chi connectivity index (χ0v) is 26.7. The van der Waals surface area contributed by atoms with Crippen LogP contribution in [0.15, 0.2) is 133 Å². The fourth-order valence-electron chi connectivity index (χ4n) is 5.99. The normalized spacial score (nSPS) is 13.3. The summed E-state index contributed by atoms with van der Waals surface area (Å²) in [4.78, 5) is 17.6. The number of Topliss-reactive ketones (excluding diaryl/α,β-unsaturated/α-hetero) is 1. The molecule has 0 radical (unpaired) electrons. The highest BCUT2D eigenvalue weighted by Gasteiger charge is 2.27. The van der Waals surface area contributed by atoms with Crippen LogP contribution in [0, 0.1) is 0 Å². The molecule has 0 aliphatic carbocycles. The van der Waals surface area contributed by atoms with E-state index < -0.39 is 12.2 Å². The second-order valence-corrected chi connectivity index (χ2v) is 12.6. The molecule has 1 heterocycles. The standard InChI is InChI=1S/C40H41NO3S/c1-29(42)27-41(28-30(2)43)38(34-20-12-21-35(24-34)39-22-13-23-45-39)26-36(44)25-37(31-14-6-3-7-15-31)40(32-16-8-4-9-17-32)33-18-10-5-11-19-33/h3-24,29-30,38,42-43H,25-28H2,1-2H3. The van der Waals surface area contributed by atoms with Gasteiger partial charge in [-0.1, -0.05) is 115 Å². The van der Waals surface area contributed by atoms with Crippen molar-refractivity contribution in [1.29, 1.82) is 0 Å². The fraction of sp³-hybridized carbons (Fsp3) is 0.225. The van der Waals surface area contributed by atoms with Gasteiger partial charge in [0, 0.05) is 36.9 Å². The minimum absolute atomic E-state index is 0.0888. The second-order valence-electron chi connectivity index (χ2n) is 11.6. The van der Waals surface area contributed by atoms with E-state index in [0.717, 1.165) is 43.8 Å². The molecule has 230 valence electrons. The third-order valence-electron chi connectivity index (χ3n) is 7.86. The molecule has 3 atom stereocenters. The zero-order valence-electron chi connectivity index (χ0n) is 25.9. The van der Waals surface area contributed by atoms with Gasteiger partial charge in [-0.15, -0.1) is 11.3 Å². The predicted octanol–water partition coefficient (Wildman–Crippen LogP) is 8.53. The van der Waals surface area contributed by atoms with Crippen molar-refractivity contribution in [2.75, 3.05) is 13.1 Å². The first-order valence-electron chi connectivity index (χ1n) is 15.5. The molecule has 1 aromatic heterocycles. The quantitative estimate of drug-likeness (QED) is 0.123. The summed E-state index contributed by atoms with van der Waals surface area (Å²) in [7, 11) is 0. The van der Waals surface area contributed by atoms with Crippen LogP contribution >= 0.6 is 11.3 Å². The van der Waals surface area contributed by atoms with Crippen molar-refractivity contribution in [3.8, 4) is 10.4 Å². The average Bonchev–Trinajstić information content (AvgIpc) is 3.60. The van der Waals surface area contributed by atoms with Gasteiger partial charge < -0.3 is 10.2 Å². The Labute approximate surface area is 270 Å². The first-order chi connectivity index (χ1) is 21.9. The van der Waals surface area contributed by atoms with Crippen molar-refractivity contribution in [1.82, 2.24) is 4.90 Å². The van der Waals surface area contributed by atoms with Crippen LogP contribution in [0.5, 0.6) is 0 Å². The molecule has 5 aromatic rings. The summed E-state index contributed by atoms with van der Waals surface area (Å²) < 4.78 is 0. The monoisotopic (exact) mass is 615 g/mol. The summed E-state index contributed by atoms with van der Waals surface area (Å²) >= 11 is 1.68. The van der Waals surface area contributed by atoms with E-state index in [0.29, 0.717) is 13.1 Å². The summed E-state index contributed by atoms with van der Waals surface area (Å²) in [5.74, 6) is 0.0888. The van der Waals surface area contributed by atoms with Crippen molar-refractivity contribution >= 4 is 28.3 Å². The SMILES string of the molecule is CC(O)CN(CC(C)O)C(CC(=O)CC(=C(c1ccccc1)c1ccccc1)c1ccccc1)c1cccc(-c2cccs2)c1. The number of carbonyl (C=O) groups is 1. The van der Waals surface area contributed by atoms with E-state index >= 15 is 0 Å². The number of aliphatic hydroxyl groups excluding tert-OH is 2. The number of benzene rings is 4. The maximum Gasteiger partial charge on any atom is 0.139 e. The second kappa shape index (κ2) is 15.7. The smallest absolute Gasteiger partial charge is 0.139 e. The third-order valence-corrected chi connectivity index (χ3v) is 8.78. The summed E-state index contributed by atoms with van der Waals surface area (Å²) in [6.07, 6.45) is -0.768. The fourth-order valence-corrected chi connectivity index (χ4v) is 6.72. The molecule has 0 fully saturated rings. The molecule has 0 saturated heterocycles. The average molecular weight is 616 g/mol. The van der Waals surface area contributed by atoms with E-state index in [9.17, 15) is 15.0 Å². The van der Waals surface area contributed by atoms with Crippen LogP contribution in [0.25, 0.3) is 21.6 Å². The third kappa shape index (κ3) is 8.74. The van der Waals surface area contributed by atoms with Crippen LogP contribution in [0.4, 0.5) is 0 Å². The lowest BCUT2D eigenvalue weighted by Crippen LogP contribution is -2.40. The first kappa shape index (κ1) is 32.3. The Kier molecular flexibility index (Phi) is 11.3. The molecule has 2 N–H and O–H groups in total. The van der Waals surface area contributed by atoms with E-state index in [-0.39, 0.29) is 24.7 Å². The van der Waals surface area contributed by atoms with Crippen molar-refractivity contribution in [2.45, 2.75) is 44.9 Å². The summed E-state index contributed by atoms with van der Waals surface area (Å²) in [5, 5.41) is 23.0. The zero-order chi connectivity index (χ0) is 31.6. The highest BCUT2D eigenvalue weighted by molar-refractivity contribution is 7.13. The lowest BCUT2D eigenvalue weighted by Gasteiger charge is -2.34. The van der Waals surface area contributed by atoms with E-state index in [1.165, 1.54) is 0 Å². The molecule has 0 aliphatic rings. The van der Waals surface area contributed by atoms with E-state index in [1.807, 2.05) is 66.7 Å². The predicted molar refractivity (Wildman–Crippen MR) is 187 cm³/mol. The summed E-state index contributed by atoms with van der Waals surface area (Å²) in [6, 6.07) is 42.8. The number of thiophene rings is 1. The molecule has 0 saturated carbocycles. The molecular formula is C40H41NO3S. The van der Waals surface area contributed by atoms with E-state index in [1.54, 1.807) is 25.2 Å². The Bertz CT molecular complexity index is 1610. The minimum atomic E-state index is -0.621. The van der Waals surface area contributed by atoms with Crippen LogP contribution in [-0.2, 0) is 4.79 Å².